The highest BCUT2D eigenvalue weighted by Gasteiger charge is 2.10. The summed E-state index contributed by atoms with van der Waals surface area (Å²) in [5.41, 5.74) is 1.79. The molecule has 1 aromatic carbocycles. The van der Waals surface area contributed by atoms with Gasteiger partial charge in [0, 0.05) is 12.1 Å². The second-order valence-electron chi connectivity index (χ2n) is 5.52. The van der Waals surface area contributed by atoms with Crippen molar-refractivity contribution in [1.82, 2.24) is 10.6 Å². The second-order valence-corrected chi connectivity index (χ2v) is 6.33. The van der Waals surface area contributed by atoms with Crippen LogP contribution in [0, 0.1) is 0 Å². The Kier molecular flexibility index (Phi) is 6.93. The highest BCUT2D eigenvalue weighted by Crippen LogP contribution is 2.22. The van der Waals surface area contributed by atoms with Crippen molar-refractivity contribution in [2.24, 2.45) is 0 Å². The number of halogens is 2. The van der Waals surface area contributed by atoms with Gasteiger partial charge in [0.2, 0.25) is 5.91 Å². The van der Waals surface area contributed by atoms with Crippen LogP contribution in [0.5, 0.6) is 0 Å². The van der Waals surface area contributed by atoms with E-state index in [9.17, 15) is 9.59 Å². The Hall–Kier alpha value is -1.52. The lowest BCUT2D eigenvalue weighted by Crippen LogP contribution is -2.37. The topological polar surface area (TPSA) is 58.2 Å². The third-order valence-electron chi connectivity index (χ3n) is 3.74. The van der Waals surface area contributed by atoms with Crippen LogP contribution >= 0.6 is 23.2 Å². The lowest BCUT2D eigenvalue weighted by Gasteiger charge is -2.13. The van der Waals surface area contributed by atoms with Gasteiger partial charge in [-0.2, -0.15) is 0 Å². The van der Waals surface area contributed by atoms with Crippen molar-refractivity contribution in [1.29, 1.82) is 0 Å². The molecule has 1 aliphatic rings. The maximum absolute atomic E-state index is 11.9. The van der Waals surface area contributed by atoms with Crippen molar-refractivity contribution in [3.8, 4) is 0 Å². The average Bonchev–Trinajstić information content (AvgIpc) is 2.56. The molecule has 0 saturated carbocycles. The zero-order chi connectivity index (χ0) is 16.7. The van der Waals surface area contributed by atoms with Gasteiger partial charge in [-0.15, -0.1) is 0 Å². The first kappa shape index (κ1) is 17.8. The average molecular weight is 355 g/mol. The van der Waals surface area contributed by atoms with E-state index in [0.29, 0.717) is 22.2 Å². The second kappa shape index (κ2) is 8.94. The van der Waals surface area contributed by atoms with Crippen LogP contribution in [-0.2, 0) is 4.79 Å². The van der Waals surface area contributed by atoms with E-state index in [2.05, 4.69) is 16.7 Å². The highest BCUT2D eigenvalue weighted by atomic mass is 35.5. The van der Waals surface area contributed by atoms with Crippen LogP contribution in [0.2, 0.25) is 10.0 Å². The van der Waals surface area contributed by atoms with Gasteiger partial charge >= 0.3 is 0 Å². The minimum Gasteiger partial charge on any atom is -0.354 e. The fourth-order valence-electron chi connectivity index (χ4n) is 2.46. The Morgan fingerprint density at radius 3 is 2.61 bits per heavy atom. The Morgan fingerprint density at radius 2 is 1.91 bits per heavy atom. The van der Waals surface area contributed by atoms with Crippen LogP contribution in [-0.4, -0.2) is 24.9 Å². The number of carbonyl (C=O) groups is 2. The van der Waals surface area contributed by atoms with E-state index in [1.54, 1.807) is 12.1 Å². The maximum atomic E-state index is 11.9. The van der Waals surface area contributed by atoms with Gasteiger partial charge in [-0.05, 0) is 50.3 Å². The number of benzene rings is 1. The lowest BCUT2D eigenvalue weighted by molar-refractivity contribution is -0.120. The molecule has 0 spiro atoms. The number of allylic oxidation sites excluding steroid dienone is 1. The Labute approximate surface area is 146 Å². The van der Waals surface area contributed by atoms with Gasteiger partial charge < -0.3 is 10.6 Å². The van der Waals surface area contributed by atoms with Crippen molar-refractivity contribution in [3.63, 3.8) is 0 Å². The molecule has 0 aromatic heterocycles. The summed E-state index contributed by atoms with van der Waals surface area (Å²) in [6.45, 7) is 0.547. The van der Waals surface area contributed by atoms with Gasteiger partial charge in [0.25, 0.3) is 5.91 Å². The predicted molar refractivity (Wildman–Crippen MR) is 93.0 cm³/mol. The fourth-order valence-corrected chi connectivity index (χ4v) is 2.75. The van der Waals surface area contributed by atoms with Crippen LogP contribution in [0.4, 0.5) is 0 Å². The molecule has 23 heavy (non-hydrogen) atoms. The summed E-state index contributed by atoms with van der Waals surface area (Å²) in [5.74, 6) is -0.552. The molecule has 2 N–H and O–H groups in total. The van der Waals surface area contributed by atoms with Gasteiger partial charge in [0.15, 0.2) is 0 Å². The molecule has 0 atom stereocenters. The standard InChI is InChI=1S/C17H20Cl2N2O2/c18-14-7-6-13(10-15(14)19)17(23)21-11-16(22)20-9-8-12-4-2-1-3-5-12/h4,6-7,10H,1-3,5,8-9,11H2,(H,20,22)(H,21,23). The van der Waals surface area contributed by atoms with Crippen molar-refractivity contribution in [3.05, 3.63) is 45.5 Å². The van der Waals surface area contributed by atoms with Crippen LogP contribution in [0.25, 0.3) is 0 Å². The number of hydrogen-bond donors (Lipinski definition) is 2. The highest BCUT2D eigenvalue weighted by molar-refractivity contribution is 6.42. The molecular formula is C17H20Cl2N2O2. The van der Waals surface area contributed by atoms with E-state index in [0.717, 1.165) is 19.3 Å². The summed E-state index contributed by atoms with van der Waals surface area (Å²) in [7, 11) is 0. The molecule has 0 saturated heterocycles. The van der Waals surface area contributed by atoms with E-state index in [-0.39, 0.29) is 18.4 Å². The van der Waals surface area contributed by atoms with Crippen molar-refractivity contribution in [2.75, 3.05) is 13.1 Å². The first-order chi connectivity index (χ1) is 11.1. The van der Waals surface area contributed by atoms with Gasteiger partial charge in [-0.1, -0.05) is 34.9 Å². The first-order valence-corrected chi connectivity index (χ1v) is 8.49. The largest absolute Gasteiger partial charge is 0.354 e. The molecule has 0 unspecified atom stereocenters. The lowest BCUT2D eigenvalue weighted by atomic mass is 9.97. The summed E-state index contributed by atoms with van der Waals surface area (Å²) in [6, 6.07) is 4.60. The molecule has 2 amide bonds. The third kappa shape index (κ3) is 5.88. The minimum atomic E-state index is -0.353. The Morgan fingerprint density at radius 1 is 1.09 bits per heavy atom. The number of hydrogen-bond acceptors (Lipinski definition) is 2. The SMILES string of the molecule is O=C(CNC(=O)c1ccc(Cl)c(Cl)c1)NCCC1=CCCCC1. The van der Waals surface area contributed by atoms with Crippen LogP contribution in [0.3, 0.4) is 0 Å². The number of rotatable bonds is 6. The van der Waals surface area contributed by atoms with Crippen molar-refractivity contribution < 1.29 is 9.59 Å². The minimum absolute atomic E-state index is 0.0574. The number of nitrogens with one attached hydrogen (secondary N) is 2. The van der Waals surface area contributed by atoms with Crippen LogP contribution in [0.1, 0.15) is 42.5 Å². The normalized spacial score (nSPS) is 14.1. The summed E-state index contributed by atoms with van der Waals surface area (Å²) in [6.07, 6.45) is 7.91. The smallest absolute Gasteiger partial charge is 0.251 e. The first-order valence-electron chi connectivity index (χ1n) is 7.74. The monoisotopic (exact) mass is 354 g/mol. The Balaban J connectivity index is 1.70. The summed E-state index contributed by atoms with van der Waals surface area (Å²) in [4.78, 5) is 23.7. The van der Waals surface area contributed by atoms with Gasteiger partial charge in [-0.25, -0.2) is 0 Å². The van der Waals surface area contributed by atoms with E-state index < -0.39 is 0 Å². The molecular weight excluding hydrogens is 335 g/mol. The number of carbonyl (C=O) groups excluding carboxylic acids is 2. The molecule has 6 heteroatoms. The van der Waals surface area contributed by atoms with E-state index in [1.807, 2.05) is 0 Å². The predicted octanol–water partition coefficient (Wildman–Crippen LogP) is 3.73. The quantitative estimate of drug-likeness (QED) is 0.764. The Bertz CT molecular complexity index is 615. The molecule has 4 nitrogen and oxygen atoms in total. The molecule has 0 bridgehead atoms. The zero-order valence-electron chi connectivity index (χ0n) is 12.8. The molecule has 0 fully saturated rings. The molecule has 1 aromatic rings. The van der Waals surface area contributed by atoms with Gasteiger partial charge in [0.1, 0.15) is 0 Å². The molecule has 0 aliphatic heterocycles. The summed E-state index contributed by atoms with van der Waals surface area (Å²) < 4.78 is 0. The van der Waals surface area contributed by atoms with E-state index in [1.165, 1.54) is 24.5 Å². The van der Waals surface area contributed by atoms with Crippen molar-refractivity contribution in [2.45, 2.75) is 32.1 Å². The maximum Gasteiger partial charge on any atom is 0.251 e. The van der Waals surface area contributed by atoms with Crippen LogP contribution in [0.15, 0.2) is 29.8 Å². The van der Waals surface area contributed by atoms with E-state index in [4.69, 9.17) is 23.2 Å². The zero-order valence-corrected chi connectivity index (χ0v) is 14.3. The molecule has 2 rings (SSSR count). The van der Waals surface area contributed by atoms with Crippen molar-refractivity contribution >= 4 is 35.0 Å². The van der Waals surface area contributed by atoms with Crippen LogP contribution < -0.4 is 10.6 Å². The molecule has 0 heterocycles. The number of amides is 2. The van der Waals surface area contributed by atoms with Gasteiger partial charge in [0.05, 0.1) is 16.6 Å². The molecule has 0 radical (unpaired) electrons. The van der Waals surface area contributed by atoms with Gasteiger partial charge in [-0.3, -0.25) is 9.59 Å². The fraction of sp³-hybridized carbons (Fsp3) is 0.412. The summed E-state index contributed by atoms with van der Waals surface area (Å²) >= 11 is 11.7. The molecule has 1 aliphatic carbocycles. The molecule has 124 valence electrons. The third-order valence-corrected chi connectivity index (χ3v) is 4.48. The summed E-state index contributed by atoms with van der Waals surface area (Å²) in [5, 5.41) is 6.08. The van der Waals surface area contributed by atoms with E-state index >= 15 is 0 Å².